The van der Waals surface area contributed by atoms with Crippen molar-refractivity contribution < 1.29 is 8.42 Å². The Kier molecular flexibility index (Phi) is 3.64. The van der Waals surface area contributed by atoms with Gasteiger partial charge < -0.3 is 0 Å². The molecule has 2 saturated carbocycles. The molecular weight excluding hydrogens is 286 g/mol. The topological polar surface area (TPSA) is 64.0 Å². The van der Waals surface area contributed by atoms with Crippen LogP contribution in [0, 0.1) is 31.6 Å². The molecule has 0 aliphatic heterocycles. The predicted molar refractivity (Wildman–Crippen MR) is 81.4 cm³/mol. The van der Waals surface area contributed by atoms with Gasteiger partial charge in [0.2, 0.25) is 10.0 Å². The minimum Gasteiger partial charge on any atom is -0.271 e. The molecule has 0 radical (unpaired) electrons. The van der Waals surface area contributed by atoms with Crippen LogP contribution >= 0.6 is 0 Å². The Morgan fingerprint density at radius 1 is 1.29 bits per heavy atom. The highest BCUT2D eigenvalue weighted by Gasteiger charge is 2.43. The van der Waals surface area contributed by atoms with Gasteiger partial charge in [-0.2, -0.15) is 5.10 Å². The third-order valence-corrected chi connectivity index (χ3v) is 7.30. The van der Waals surface area contributed by atoms with Gasteiger partial charge in [-0.05, 0) is 57.8 Å². The maximum atomic E-state index is 12.7. The van der Waals surface area contributed by atoms with E-state index >= 15 is 0 Å². The smallest absolute Gasteiger partial charge is 0.244 e. The van der Waals surface area contributed by atoms with Crippen molar-refractivity contribution in [2.24, 2.45) is 24.8 Å². The predicted octanol–water partition coefficient (Wildman–Crippen LogP) is 2.14. The van der Waals surface area contributed by atoms with E-state index in [0.717, 1.165) is 5.92 Å². The molecule has 0 aromatic carbocycles. The molecule has 0 unspecified atom stereocenters. The number of nitrogens with one attached hydrogen (secondary N) is 1. The lowest BCUT2D eigenvalue weighted by Crippen LogP contribution is -2.40. The number of aromatic nitrogens is 2. The first-order valence-corrected chi connectivity index (χ1v) is 9.30. The maximum absolute atomic E-state index is 12.7. The Balaban J connectivity index is 1.80. The fourth-order valence-corrected chi connectivity index (χ4v) is 6.17. The number of hydrogen-bond donors (Lipinski definition) is 1. The number of fused-ring (bicyclic) bond motifs is 2. The van der Waals surface area contributed by atoms with Crippen LogP contribution in [0.5, 0.6) is 0 Å². The van der Waals surface area contributed by atoms with Crippen LogP contribution in [0.3, 0.4) is 0 Å². The fraction of sp³-hybridized carbons (Fsp3) is 0.800. The van der Waals surface area contributed by atoms with Crippen LogP contribution in [0.4, 0.5) is 0 Å². The van der Waals surface area contributed by atoms with Crippen molar-refractivity contribution in [3.63, 3.8) is 0 Å². The highest BCUT2D eigenvalue weighted by Crippen LogP contribution is 2.49. The van der Waals surface area contributed by atoms with Gasteiger partial charge in [-0.1, -0.05) is 6.42 Å². The highest BCUT2D eigenvalue weighted by atomic mass is 32.2. The maximum Gasteiger partial charge on any atom is 0.244 e. The summed E-state index contributed by atoms with van der Waals surface area (Å²) in [5.41, 5.74) is 1.27. The molecule has 1 N–H and O–H groups in total. The molecule has 0 saturated heterocycles. The Hall–Kier alpha value is -0.880. The molecule has 5 nitrogen and oxygen atoms in total. The van der Waals surface area contributed by atoms with Gasteiger partial charge in [0.15, 0.2) is 0 Å². The lowest BCUT2D eigenvalue weighted by molar-refractivity contribution is 0.280. The largest absolute Gasteiger partial charge is 0.271 e. The van der Waals surface area contributed by atoms with E-state index in [1.165, 1.54) is 25.7 Å². The molecule has 2 fully saturated rings. The Morgan fingerprint density at radius 2 is 2.00 bits per heavy atom. The molecule has 2 aliphatic rings. The van der Waals surface area contributed by atoms with Crippen molar-refractivity contribution in [2.45, 2.75) is 57.4 Å². The summed E-state index contributed by atoms with van der Waals surface area (Å²) in [6.07, 6.45) is 5.08. The van der Waals surface area contributed by atoms with Crippen molar-refractivity contribution in [1.82, 2.24) is 14.5 Å². The van der Waals surface area contributed by atoms with E-state index in [4.69, 9.17) is 0 Å². The summed E-state index contributed by atoms with van der Waals surface area (Å²) in [4.78, 5) is 0.347. The Labute approximate surface area is 127 Å². The first kappa shape index (κ1) is 15.0. The van der Waals surface area contributed by atoms with Gasteiger partial charge in [0, 0.05) is 13.1 Å². The van der Waals surface area contributed by atoms with Crippen molar-refractivity contribution >= 4 is 10.0 Å². The highest BCUT2D eigenvalue weighted by molar-refractivity contribution is 7.89. The summed E-state index contributed by atoms with van der Waals surface area (Å²) in [6, 6.07) is 0.00399. The molecule has 1 aromatic rings. The lowest BCUT2D eigenvalue weighted by atomic mass is 9.84. The van der Waals surface area contributed by atoms with Gasteiger partial charge >= 0.3 is 0 Å². The molecular formula is C15H25N3O2S. The zero-order valence-electron chi connectivity index (χ0n) is 13.3. The first-order chi connectivity index (χ1) is 9.79. The molecule has 1 heterocycles. The lowest BCUT2D eigenvalue weighted by Gasteiger charge is -2.28. The summed E-state index contributed by atoms with van der Waals surface area (Å²) in [7, 11) is -1.71. The average molecular weight is 311 g/mol. The van der Waals surface area contributed by atoms with Crippen LogP contribution in [0.25, 0.3) is 0 Å². The summed E-state index contributed by atoms with van der Waals surface area (Å²) in [6.45, 7) is 5.57. The first-order valence-electron chi connectivity index (χ1n) is 7.82. The number of sulfonamides is 1. The molecule has 21 heavy (non-hydrogen) atoms. The van der Waals surface area contributed by atoms with E-state index in [1.807, 2.05) is 6.92 Å². The third-order valence-electron chi connectivity index (χ3n) is 5.49. The van der Waals surface area contributed by atoms with E-state index in [9.17, 15) is 8.42 Å². The van der Waals surface area contributed by atoms with E-state index in [2.05, 4.69) is 9.82 Å². The molecule has 2 aliphatic carbocycles. The van der Waals surface area contributed by atoms with Crippen LogP contribution < -0.4 is 4.72 Å². The van der Waals surface area contributed by atoms with Crippen molar-refractivity contribution in [1.29, 1.82) is 0 Å². The van der Waals surface area contributed by atoms with Crippen LogP contribution in [0.2, 0.25) is 0 Å². The van der Waals surface area contributed by atoms with Gasteiger partial charge in [0.1, 0.15) is 4.90 Å². The van der Waals surface area contributed by atoms with E-state index in [1.54, 1.807) is 25.6 Å². The second-order valence-corrected chi connectivity index (χ2v) is 8.52. The van der Waals surface area contributed by atoms with Crippen LogP contribution in [-0.2, 0) is 17.1 Å². The summed E-state index contributed by atoms with van der Waals surface area (Å²) in [5, 5.41) is 4.22. The normalized spacial score (nSPS) is 30.0. The quantitative estimate of drug-likeness (QED) is 0.926. The van der Waals surface area contributed by atoms with Crippen molar-refractivity contribution in [3.8, 4) is 0 Å². The Bertz CT molecular complexity index is 650. The zero-order valence-corrected chi connectivity index (χ0v) is 14.1. The molecule has 0 amide bonds. The second-order valence-electron chi connectivity index (χ2n) is 6.87. The molecule has 3 rings (SSSR count). The number of aryl methyl sites for hydroxylation is 2. The molecule has 2 bridgehead atoms. The minimum absolute atomic E-state index is 0.00399. The summed E-state index contributed by atoms with van der Waals surface area (Å²) < 4.78 is 29.9. The van der Waals surface area contributed by atoms with E-state index in [0.29, 0.717) is 28.1 Å². The average Bonchev–Trinajstić information content (AvgIpc) is 3.04. The number of rotatable bonds is 4. The standard InChI is InChI=1S/C15H25N3O2S/c1-9(14-8-12-5-6-13(14)7-12)17-21(19,20)15-10(2)16-18(4)11(15)3/h9,12-14,17H,5-8H2,1-4H3/t9-,12-,13-,14+/m0/s1. The molecule has 4 atom stereocenters. The minimum atomic E-state index is -3.49. The van der Waals surface area contributed by atoms with Crippen molar-refractivity contribution in [2.75, 3.05) is 0 Å². The number of hydrogen-bond acceptors (Lipinski definition) is 3. The van der Waals surface area contributed by atoms with Crippen LogP contribution in [0.15, 0.2) is 4.90 Å². The van der Waals surface area contributed by atoms with Gasteiger partial charge in [-0.3, -0.25) is 4.68 Å². The van der Waals surface area contributed by atoms with Gasteiger partial charge in [-0.25, -0.2) is 13.1 Å². The van der Waals surface area contributed by atoms with Crippen LogP contribution in [-0.4, -0.2) is 24.2 Å². The van der Waals surface area contributed by atoms with Gasteiger partial charge in [-0.15, -0.1) is 0 Å². The Morgan fingerprint density at radius 3 is 2.48 bits per heavy atom. The van der Waals surface area contributed by atoms with E-state index in [-0.39, 0.29) is 6.04 Å². The SMILES string of the molecule is Cc1nn(C)c(C)c1S(=O)(=O)N[C@@H](C)[C@H]1C[C@H]2CC[C@H]1C2. The van der Waals surface area contributed by atoms with Gasteiger partial charge in [0.05, 0.1) is 11.4 Å². The second kappa shape index (κ2) is 5.09. The molecule has 1 aromatic heterocycles. The van der Waals surface area contributed by atoms with Crippen LogP contribution in [0.1, 0.15) is 44.0 Å². The summed E-state index contributed by atoms with van der Waals surface area (Å²) >= 11 is 0. The van der Waals surface area contributed by atoms with Crippen molar-refractivity contribution in [3.05, 3.63) is 11.4 Å². The molecule has 118 valence electrons. The van der Waals surface area contributed by atoms with Gasteiger partial charge in [0.25, 0.3) is 0 Å². The number of nitrogens with zero attached hydrogens (tertiary/aromatic N) is 2. The third kappa shape index (κ3) is 2.52. The monoisotopic (exact) mass is 311 g/mol. The molecule has 0 spiro atoms. The van der Waals surface area contributed by atoms with E-state index < -0.39 is 10.0 Å². The fourth-order valence-electron chi connectivity index (χ4n) is 4.44. The molecule has 6 heteroatoms. The zero-order chi connectivity index (χ0) is 15.4. The summed E-state index contributed by atoms with van der Waals surface area (Å²) in [5.74, 6) is 2.04.